The number of ether oxygens (including phenoxy) is 2. The molecule has 0 spiro atoms. The van der Waals surface area contributed by atoms with Crippen molar-refractivity contribution in [2.75, 3.05) is 7.11 Å². The molecular formula is C24H20ClN3O4S. The van der Waals surface area contributed by atoms with Crippen LogP contribution in [0.4, 0.5) is 0 Å². The monoisotopic (exact) mass is 481 g/mol. The number of carbonyl (C=O) groups excluding carboxylic acids is 1. The number of aromatic nitrogens is 3. The van der Waals surface area contributed by atoms with E-state index in [4.69, 9.17) is 21.1 Å². The van der Waals surface area contributed by atoms with Crippen molar-refractivity contribution in [2.45, 2.75) is 19.8 Å². The van der Waals surface area contributed by atoms with Crippen molar-refractivity contribution in [1.82, 2.24) is 14.6 Å². The Hall–Kier alpha value is -3.49. The number of fused-ring (bicyclic) bond motifs is 1. The lowest BCUT2D eigenvalue weighted by atomic mass is 10.1. The van der Waals surface area contributed by atoms with Crippen LogP contribution in [-0.2, 0) is 0 Å². The fraction of sp³-hybridized carbons (Fsp3) is 0.167. The molecule has 4 aromatic rings. The highest BCUT2D eigenvalue weighted by Crippen LogP contribution is 2.29. The maximum Gasteiger partial charge on any atom is 0.343 e. The molecule has 2 heterocycles. The smallest absolute Gasteiger partial charge is 0.343 e. The molecule has 168 valence electrons. The Morgan fingerprint density at radius 3 is 2.58 bits per heavy atom. The van der Waals surface area contributed by atoms with E-state index in [0.29, 0.717) is 37.4 Å². The Balaban J connectivity index is 1.71. The first-order valence-corrected chi connectivity index (χ1v) is 11.2. The summed E-state index contributed by atoms with van der Waals surface area (Å²) in [5, 5.41) is 6.70. The molecular weight excluding hydrogens is 462 g/mol. The molecule has 0 N–H and O–H groups in total. The third-order valence-corrected chi connectivity index (χ3v) is 6.31. The van der Waals surface area contributed by atoms with Gasteiger partial charge in [0.2, 0.25) is 4.96 Å². The number of methoxy groups -OCH3 is 1. The Kier molecular flexibility index (Phi) is 6.31. The lowest BCUT2D eigenvalue weighted by molar-refractivity contribution is 0.0729. The van der Waals surface area contributed by atoms with Gasteiger partial charge >= 0.3 is 5.97 Å². The van der Waals surface area contributed by atoms with Gasteiger partial charge in [-0.05, 0) is 48.0 Å². The number of carbonyl (C=O) groups is 1. The first kappa shape index (κ1) is 22.7. The highest BCUT2D eigenvalue weighted by Gasteiger charge is 2.14. The molecule has 2 aromatic carbocycles. The molecule has 4 rings (SSSR count). The second-order valence-corrected chi connectivity index (χ2v) is 8.94. The molecule has 0 saturated carbocycles. The molecule has 0 atom stereocenters. The van der Waals surface area contributed by atoms with Gasteiger partial charge in [-0.2, -0.15) is 10.1 Å². The third-order valence-electron chi connectivity index (χ3n) is 4.84. The molecule has 33 heavy (non-hydrogen) atoms. The van der Waals surface area contributed by atoms with Crippen molar-refractivity contribution < 1.29 is 14.3 Å². The minimum atomic E-state index is -0.542. The predicted octanol–water partition coefficient (Wildman–Crippen LogP) is 3.39. The maximum absolute atomic E-state index is 12.7. The van der Waals surface area contributed by atoms with Crippen molar-refractivity contribution in [3.63, 3.8) is 0 Å². The van der Waals surface area contributed by atoms with Crippen LogP contribution >= 0.6 is 22.9 Å². The topological polar surface area (TPSA) is 82.8 Å². The highest BCUT2D eigenvalue weighted by molar-refractivity contribution is 7.16. The lowest BCUT2D eigenvalue weighted by Gasteiger charge is -2.10. The van der Waals surface area contributed by atoms with Gasteiger partial charge in [-0.3, -0.25) is 4.79 Å². The first-order chi connectivity index (χ1) is 15.8. The van der Waals surface area contributed by atoms with Crippen molar-refractivity contribution in [2.24, 2.45) is 0 Å². The van der Waals surface area contributed by atoms with E-state index in [1.165, 1.54) is 18.4 Å². The van der Waals surface area contributed by atoms with Crippen molar-refractivity contribution in [3.05, 3.63) is 84.5 Å². The molecule has 7 nitrogen and oxygen atoms in total. The minimum Gasteiger partial charge on any atom is -0.493 e. The molecule has 0 aliphatic carbocycles. The maximum atomic E-state index is 12.7. The summed E-state index contributed by atoms with van der Waals surface area (Å²) in [5.41, 5.74) is 0.618. The average Bonchev–Trinajstić information content (AvgIpc) is 3.22. The number of benzene rings is 2. The summed E-state index contributed by atoms with van der Waals surface area (Å²) >= 11 is 7.24. The summed E-state index contributed by atoms with van der Waals surface area (Å²) in [6.07, 6.45) is 1.66. The van der Waals surface area contributed by atoms with Gasteiger partial charge in [-0.25, -0.2) is 9.31 Å². The molecule has 0 aliphatic rings. The Bertz CT molecular complexity index is 1520. The summed E-state index contributed by atoms with van der Waals surface area (Å²) in [4.78, 5) is 29.8. The molecule has 0 aliphatic heterocycles. The Labute approximate surface area is 198 Å². The van der Waals surface area contributed by atoms with Crippen molar-refractivity contribution >= 4 is 46.5 Å². The second-order valence-electron chi connectivity index (χ2n) is 7.52. The van der Waals surface area contributed by atoms with Crippen molar-refractivity contribution in [3.8, 4) is 11.5 Å². The van der Waals surface area contributed by atoms with Gasteiger partial charge in [0.25, 0.3) is 5.56 Å². The lowest BCUT2D eigenvalue weighted by Crippen LogP contribution is -2.44. The third kappa shape index (κ3) is 4.67. The standard InChI is InChI=1S/C24H20ClN3O4S/c1-13(2)22-27-28-14(3)18(21(29)26-24(28)33-22)11-15-5-10-19(20(12-15)31-4)32-23(30)16-6-8-17(25)9-7-16/h5-13H,3H2,1-2,4H3/b18-11-. The summed E-state index contributed by atoms with van der Waals surface area (Å²) in [6.45, 7) is 8.10. The van der Waals surface area contributed by atoms with Crippen LogP contribution in [0.15, 0.2) is 47.3 Å². The largest absolute Gasteiger partial charge is 0.493 e. The number of halogens is 1. The zero-order chi connectivity index (χ0) is 23.7. The van der Waals surface area contributed by atoms with E-state index in [2.05, 4.69) is 16.7 Å². The quantitative estimate of drug-likeness (QED) is 0.321. The van der Waals surface area contributed by atoms with Crippen molar-refractivity contribution in [1.29, 1.82) is 0 Å². The van der Waals surface area contributed by atoms with E-state index in [-0.39, 0.29) is 11.7 Å². The van der Waals surface area contributed by atoms with Crippen LogP contribution in [0, 0.1) is 0 Å². The van der Waals surface area contributed by atoms with E-state index < -0.39 is 11.5 Å². The zero-order valence-electron chi connectivity index (χ0n) is 18.2. The van der Waals surface area contributed by atoms with E-state index in [1.807, 2.05) is 13.8 Å². The van der Waals surface area contributed by atoms with Gasteiger partial charge in [-0.15, -0.1) is 0 Å². The van der Waals surface area contributed by atoms with Gasteiger partial charge in [0, 0.05) is 10.9 Å². The highest BCUT2D eigenvalue weighted by atomic mass is 35.5. The van der Waals surface area contributed by atoms with Crippen LogP contribution in [0.5, 0.6) is 11.5 Å². The second kappa shape index (κ2) is 9.17. The first-order valence-electron chi connectivity index (χ1n) is 10.0. The molecule has 0 amide bonds. The molecule has 0 fully saturated rings. The number of nitrogens with zero attached hydrogens (tertiary/aromatic N) is 3. The Morgan fingerprint density at radius 1 is 1.18 bits per heavy atom. The van der Waals surface area contributed by atoms with E-state index in [9.17, 15) is 9.59 Å². The molecule has 0 bridgehead atoms. The Morgan fingerprint density at radius 2 is 1.91 bits per heavy atom. The van der Waals surface area contributed by atoms with Crippen LogP contribution in [0.1, 0.15) is 40.7 Å². The van der Waals surface area contributed by atoms with Gasteiger partial charge in [0.15, 0.2) is 11.5 Å². The number of esters is 1. The van der Waals surface area contributed by atoms with Gasteiger partial charge in [-0.1, -0.05) is 49.4 Å². The summed E-state index contributed by atoms with van der Waals surface area (Å²) in [5.74, 6) is 0.252. The minimum absolute atomic E-state index is 0.214. The SMILES string of the molecule is C=c1/c(=C/c2ccc(OC(=O)c3ccc(Cl)cc3)c(OC)c2)c(=O)nc2sc(C(C)C)nn12. The number of hydrogen-bond acceptors (Lipinski definition) is 7. The fourth-order valence-corrected chi connectivity index (χ4v) is 4.11. The normalized spacial score (nSPS) is 11.8. The van der Waals surface area contributed by atoms with Crippen LogP contribution in [-0.4, -0.2) is 27.7 Å². The average molecular weight is 482 g/mol. The summed E-state index contributed by atoms with van der Waals surface area (Å²) < 4.78 is 12.5. The van der Waals surface area contributed by atoms with Crippen LogP contribution in [0.25, 0.3) is 17.6 Å². The molecule has 0 radical (unpaired) electrons. The fourth-order valence-electron chi connectivity index (χ4n) is 3.08. The molecule has 9 heteroatoms. The number of rotatable bonds is 5. The van der Waals surface area contributed by atoms with Crippen LogP contribution in [0.3, 0.4) is 0 Å². The zero-order valence-corrected chi connectivity index (χ0v) is 19.7. The van der Waals surface area contributed by atoms with Gasteiger partial charge in [0.1, 0.15) is 5.01 Å². The molecule has 0 unspecified atom stereocenters. The van der Waals surface area contributed by atoms with Gasteiger partial charge < -0.3 is 9.47 Å². The summed E-state index contributed by atoms with van der Waals surface area (Å²) in [6, 6.07) is 11.4. The van der Waals surface area contributed by atoms with E-state index >= 15 is 0 Å². The van der Waals surface area contributed by atoms with E-state index in [0.717, 1.165) is 5.01 Å². The summed E-state index contributed by atoms with van der Waals surface area (Å²) in [7, 11) is 1.47. The number of hydrogen-bond donors (Lipinski definition) is 0. The van der Waals surface area contributed by atoms with Crippen LogP contribution in [0.2, 0.25) is 5.02 Å². The predicted molar refractivity (Wildman–Crippen MR) is 129 cm³/mol. The van der Waals surface area contributed by atoms with Gasteiger partial charge in [0.05, 0.1) is 23.2 Å². The molecule has 2 aromatic heterocycles. The van der Waals surface area contributed by atoms with E-state index in [1.54, 1.807) is 53.1 Å². The molecule has 0 saturated heterocycles. The van der Waals surface area contributed by atoms with Crippen LogP contribution < -0.4 is 25.6 Å².